The summed E-state index contributed by atoms with van der Waals surface area (Å²) in [5, 5.41) is 4.40. The van der Waals surface area contributed by atoms with Gasteiger partial charge in [-0.3, -0.25) is 0 Å². The predicted molar refractivity (Wildman–Crippen MR) is 45.3 cm³/mol. The largest absolute Gasteiger partial charge is 0.368 e. The maximum atomic E-state index is 5.41. The second-order valence-electron chi connectivity index (χ2n) is 2.66. The van der Waals surface area contributed by atoms with E-state index in [2.05, 4.69) is 5.16 Å². The van der Waals surface area contributed by atoms with Crippen LogP contribution in [0.1, 0.15) is 23.8 Å². The molecule has 1 saturated heterocycles. The van der Waals surface area contributed by atoms with Gasteiger partial charge in [0.1, 0.15) is 0 Å². The first kappa shape index (κ1) is 7.03. The highest BCUT2D eigenvalue weighted by Gasteiger charge is 2.20. The fraction of sp³-hybridized carbons (Fsp3) is 0.571. The zero-order valence-corrected chi connectivity index (χ0v) is 6.93. The molecule has 2 rings (SSSR count). The molecule has 0 aliphatic carbocycles. The van der Waals surface area contributed by atoms with Crippen LogP contribution < -0.4 is 5.73 Å². The predicted octanol–water partition coefficient (Wildman–Crippen LogP) is 1.82. The Bertz CT molecular complexity index is 242. The summed E-state index contributed by atoms with van der Waals surface area (Å²) in [6.07, 6.45) is 2.48. The molecule has 0 spiro atoms. The topological polar surface area (TPSA) is 52.0 Å². The minimum atomic E-state index is 0.424. The van der Waals surface area contributed by atoms with Crippen molar-refractivity contribution in [2.24, 2.45) is 0 Å². The number of hydrogen-bond donors (Lipinski definition) is 1. The standard InChI is InChI=1S/C7H10N2OS/c8-7-4-5(9-10-7)6-2-1-3-11-6/h4,6H,1-3,8H2. The summed E-state index contributed by atoms with van der Waals surface area (Å²) in [7, 11) is 0. The molecule has 1 aromatic rings. The quantitative estimate of drug-likeness (QED) is 0.698. The van der Waals surface area contributed by atoms with Gasteiger partial charge in [-0.1, -0.05) is 5.16 Å². The maximum Gasteiger partial charge on any atom is 0.222 e. The van der Waals surface area contributed by atoms with Crippen molar-refractivity contribution >= 4 is 17.6 Å². The smallest absolute Gasteiger partial charge is 0.222 e. The van der Waals surface area contributed by atoms with Crippen molar-refractivity contribution in [3.63, 3.8) is 0 Å². The van der Waals surface area contributed by atoms with Crippen LogP contribution >= 0.6 is 11.8 Å². The number of nitrogens with zero attached hydrogens (tertiary/aromatic N) is 1. The first-order valence-electron chi connectivity index (χ1n) is 3.70. The fourth-order valence-corrected chi connectivity index (χ4v) is 2.50. The van der Waals surface area contributed by atoms with E-state index in [1.807, 2.05) is 17.8 Å². The number of hydrogen-bond acceptors (Lipinski definition) is 4. The highest BCUT2D eigenvalue weighted by molar-refractivity contribution is 7.99. The van der Waals surface area contributed by atoms with Crippen molar-refractivity contribution in [2.75, 3.05) is 11.5 Å². The van der Waals surface area contributed by atoms with Crippen LogP contribution in [0.25, 0.3) is 0 Å². The molecular weight excluding hydrogens is 160 g/mol. The van der Waals surface area contributed by atoms with Gasteiger partial charge in [0, 0.05) is 6.07 Å². The van der Waals surface area contributed by atoms with Gasteiger partial charge in [0.05, 0.1) is 10.9 Å². The zero-order chi connectivity index (χ0) is 7.68. The lowest BCUT2D eigenvalue weighted by molar-refractivity contribution is 0.426. The average molecular weight is 170 g/mol. The highest BCUT2D eigenvalue weighted by Crippen LogP contribution is 2.39. The van der Waals surface area contributed by atoms with Gasteiger partial charge in [0.25, 0.3) is 0 Å². The van der Waals surface area contributed by atoms with Gasteiger partial charge in [0.2, 0.25) is 5.88 Å². The molecule has 11 heavy (non-hydrogen) atoms. The maximum absolute atomic E-state index is 5.41. The minimum absolute atomic E-state index is 0.424. The summed E-state index contributed by atoms with van der Waals surface area (Å²) in [6.45, 7) is 0. The summed E-state index contributed by atoms with van der Waals surface area (Å²) in [6, 6.07) is 1.82. The van der Waals surface area contributed by atoms with Gasteiger partial charge in [-0.05, 0) is 18.6 Å². The van der Waals surface area contributed by atoms with E-state index in [4.69, 9.17) is 10.3 Å². The zero-order valence-electron chi connectivity index (χ0n) is 6.12. The molecule has 1 unspecified atom stereocenters. The second-order valence-corrected chi connectivity index (χ2v) is 3.97. The summed E-state index contributed by atoms with van der Waals surface area (Å²) in [5.41, 5.74) is 6.41. The molecule has 1 aliphatic rings. The van der Waals surface area contributed by atoms with E-state index in [-0.39, 0.29) is 0 Å². The Kier molecular flexibility index (Phi) is 1.77. The van der Waals surface area contributed by atoms with Gasteiger partial charge < -0.3 is 10.3 Å². The molecule has 0 radical (unpaired) electrons. The molecule has 60 valence electrons. The van der Waals surface area contributed by atoms with E-state index in [9.17, 15) is 0 Å². The van der Waals surface area contributed by atoms with Crippen LogP contribution in [-0.4, -0.2) is 10.9 Å². The van der Waals surface area contributed by atoms with E-state index in [0.29, 0.717) is 11.1 Å². The molecule has 1 aliphatic heterocycles. The van der Waals surface area contributed by atoms with Crippen molar-refractivity contribution in [3.8, 4) is 0 Å². The van der Waals surface area contributed by atoms with Crippen LogP contribution in [0.15, 0.2) is 10.6 Å². The molecule has 4 heteroatoms. The summed E-state index contributed by atoms with van der Waals surface area (Å²) >= 11 is 1.93. The molecule has 1 aromatic heterocycles. The van der Waals surface area contributed by atoms with Crippen molar-refractivity contribution in [1.82, 2.24) is 5.16 Å². The van der Waals surface area contributed by atoms with Crippen LogP contribution in [0.2, 0.25) is 0 Å². The number of thioether (sulfide) groups is 1. The summed E-state index contributed by atoms with van der Waals surface area (Å²) < 4.78 is 4.79. The second kappa shape index (κ2) is 2.77. The Morgan fingerprint density at radius 1 is 1.73 bits per heavy atom. The van der Waals surface area contributed by atoms with E-state index < -0.39 is 0 Å². The van der Waals surface area contributed by atoms with Gasteiger partial charge in [0.15, 0.2) is 0 Å². The Hall–Kier alpha value is -0.640. The molecule has 3 nitrogen and oxygen atoms in total. The normalized spacial score (nSPS) is 24.2. The number of rotatable bonds is 1. The van der Waals surface area contributed by atoms with Crippen LogP contribution in [0, 0.1) is 0 Å². The molecule has 0 saturated carbocycles. The third-order valence-electron chi connectivity index (χ3n) is 1.81. The fourth-order valence-electron chi connectivity index (χ4n) is 1.27. The Morgan fingerprint density at radius 2 is 2.64 bits per heavy atom. The van der Waals surface area contributed by atoms with Gasteiger partial charge in [-0.2, -0.15) is 11.8 Å². The van der Waals surface area contributed by atoms with Crippen LogP contribution in [0.5, 0.6) is 0 Å². The van der Waals surface area contributed by atoms with E-state index in [1.54, 1.807) is 0 Å². The lowest BCUT2D eigenvalue weighted by atomic mass is 10.2. The van der Waals surface area contributed by atoms with E-state index in [1.165, 1.54) is 18.6 Å². The van der Waals surface area contributed by atoms with Crippen molar-refractivity contribution in [1.29, 1.82) is 0 Å². The molecule has 0 amide bonds. The van der Waals surface area contributed by atoms with Gasteiger partial charge in [-0.15, -0.1) is 0 Å². The van der Waals surface area contributed by atoms with Crippen LogP contribution in [0.4, 0.5) is 5.88 Å². The van der Waals surface area contributed by atoms with Crippen molar-refractivity contribution in [3.05, 3.63) is 11.8 Å². The van der Waals surface area contributed by atoms with Crippen LogP contribution in [0.3, 0.4) is 0 Å². The average Bonchev–Trinajstić information content (AvgIpc) is 2.55. The lowest BCUT2D eigenvalue weighted by Crippen LogP contribution is -1.86. The molecular formula is C7H10N2OS. The lowest BCUT2D eigenvalue weighted by Gasteiger charge is -1.99. The molecule has 1 atom stereocenters. The highest BCUT2D eigenvalue weighted by atomic mass is 32.2. The number of aromatic nitrogens is 1. The SMILES string of the molecule is Nc1cc(C2CCCS2)no1. The third-order valence-corrected chi connectivity index (χ3v) is 3.21. The molecule has 0 aromatic carbocycles. The molecule has 2 N–H and O–H groups in total. The number of nitrogen functional groups attached to an aromatic ring is 1. The van der Waals surface area contributed by atoms with Crippen molar-refractivity contribution < 1.29 is 4.52 Å². The monoisotopic (exact) mass is 170 g/mol. The molecule has 1 fully saturated rings. The summed E-state index contributed by atoms with van der Waals surface area (Å²) in [5.74, 6) is 1.66. The van der Waals surface area contributed by atoms with Crippen LogP contribution in [-0.2, 0) is 0 Å². The first-order valence-corrected chi connectivity index (χ1v) is 4.75. The molecule has 0 bridgehead atoms. The number of nitrogens with two attached hydrogens (primary N) is 1. The Labute approximate surface area is 69.3 Å². The number of anilines is 1. The first-order chi connectivity index (χ1) is 5.36. The van der Waals surface area contributed by atoms with Gasteiger partial charge in [-0.25, -0.2) is 0 Å². The third kappa shape index (κ3) is 1.35. The van der Waals surface area contributed by atoms with E-state index >= 15 is 0 Å². The van der Waals surface area contributed by atoms with E-state index in [0.717, 1.165) is 5.69 Å². The van der Waals surface area contributed by atoms with Gasteiger partial charge >= 0.3 is 0 Å². The van der Waals surface area contributed by atoms with Crippen molar-refractivity contribution in [2.45, 2.75) is 18.1 Å². The molecule has 2 heterocycles. The Balaban J connectivity index is 2.15. The minimum Gasteiger partial charge on any atom is -0.368 e. The Morgan fingerprint density at radius 3 is 3.18 bits per heavy atom. The summed E-state index contributed by atoms with van der Waals surface area (Å²) in [4.78, 5) is 0.